The normalized spacial score (nSPS) is 14.9. The van der Waals surface area contributed by atoms with Crippen molar-refractivity contribution in [2.45, 2.75) is 45.7 Å². The molecular weight excluding hydrogens is 204 g/mol. The topological polar surface area (TPSA) is 24.9 Å². The molecule has 2 atom stereocenters. The number of hydrogen-bond acceptors (Lipinski definition) is 3. The third-order valence-corrected chi connectivity index (χ3v) is 3.49. The van der Waals surface area contributed by atoms with Gasteiger partial charge in [0, 0.05) is 17.1 Å². The largest absolute Gasteiger partial charge is 0.306 e. The Bertz CT molecular complexity index is 306. The van der Waals surface area contributed by atoms with Crippen LogP contribution in [0.25, 0.3) is 0 Å². The van der Waals surface area contributed by atoms with Crippen molar-refractivity contribution in [3.8, 4) is 0 Å². The molecule has 0 radical (unpaired) electrons. The lowest BCUT2D eigenvalue weighted by molar-refractivity contribution is 0.457. The van der Waals surface area contributed by atoms with Gasteiger partial charge in [0.15, 0.2) is 0 Å². The van der Waals surface area contributed by atoms with Crippen LogP contribution >= 0.6 is 11.3 Å². The average molecular weight is 224 g/mol. The molecule has 0 unspecified atom stereocenters. The van der Waals surface area contributed by atoms with E-state index in [1.54, 1.807) is 11.3 Å². The smallest absolute Gasteiger partial charge is 0.110 e. The van der Waals surface area contributed by atoms with Crippen molar-refractivity contribution in [1.82, 2.24) is 10.3 Å². The highest BCUT2D eigenvalue weighted by molar-refractivity contribution is 7.09. The molecule has 1 heterocycles. The maximum absolute atomic E-state index is 4.48. The van der Waals surface area contributed by atoms with E-state index in [1.807, 2.05) is 13.0 Å². The fourth-order valence-electron chi connectivity index (χ4n) is 1.52. The van der Waals surface area contributed by atoms with Crippen molar-refractivity contribution >= 4 is 11.3 Å². The van der Waals surface area contributed by atoms with Crippen LogP contribution in [0.1, 0.15) is 43.4 Å². The molecule has 84 valence electrons. The van der Waals surface area contributed by atoms with E-state index in [1.165, 1.54) is 5.01 Å². The van der Waals surface area contributed by atoms with Crippen molar-refractivity contribution in [2.24, 2.45) is 0 Å². The summed E-state index contributed by atoms with van der Waals surface area (Å²) in [5.74, 6) is 0. The third kappa shape index (κ3) is 4.14. The molecule has 0 fully saturated rings. The van der Waals surface area contributed by atoms with E-state index < -0.39 is 0 Å². The Morgan fingerprint density at radius 1 is 1.60 bits per heavy atom. The van der Waals surface area contributed by atoms with Gasteiger partial charge in [0.05, 0.1) is 6.04 Å². The highest BCUT2D eigenvalue weighted by atomic mass is 32.1. The number of nitrogens with zero attached hydrogens (tertiary/aromatic N) is 1. The summed E-state index contributed by atoms with van der Waals surface area (Å²) < 4.78 is 0. The maximum atomic E-state index is 4.48. The number of allylic oxidation sites excluding steroid dienone is 1. The van der Waals surface area contributed by atoms with Crippen molar-refractivity contribution in [2.75, 3.05) is 0 Å². The Kier molecular flexibility index (Phi) is 4.99. The average Bonchev–Trinajstić information content (AvgIpc) is 2.61. The molecular formula is C12H20N2S. The second-order valence-corrected chi connectivity index (χ2v) is 4.87. The van der Waals surface area contributed by atoms with Crippen molar-refractivity contribution in [3.05, 3.63) is 28.7 Å². The second kappa shape index (κ2) is 6.03. The number of aromatic nitrogens is 1. The van der Waals surface area contributed by atoms with E-state index in [0.717, 1.165) is 18.5 Å². The molecule has 0 aliphatic rings. The lowest BCUT2D eigenvalue weighted by atomic mass is 10.1. The Balaban J connectivity index is 2.41. The molecule has 3 heteroatoms. The third-order valence-electron chi connectivity index (χ3n) is 2.35. The number of hydrogen-bond donors (Lipinski definition) is 1. The van der Waals surface area contributed by atoms with Crippen LogP contribution in [0.4, 0.5) is 0 Å². The van der Waals surface area contributed by atoms with Gasteiger partial charge < -0.3 is 5.32 Å². The van der Waals surface area contributed by atoms with Crippen LogP contribution < -0.4 is 5.32 Å². The molecule has 1 N–H and O–H groups in total. The van der Waals surface area contributed by atoms with E-state index >= 15 is 0 Å². The molecule has 0 spiro atoms. The van der Waals surface area contributed by atoms with Gasteiger partial charge >= 0.3 is 0 Å². The van der Waals surface area contributed by atoms with Crippen LogP contribution in [0.15, 0.2) is 18.0 Å². The zero-order chi connectivity index (χ0) is 11.3. The Morgan fingerprint density at radius 2 is 2.33 bits per heavy atom. The zero-order valence-electron chi connectivity index (χ0n) is 9.79. The predicted molar refractivity (Wildman–Crippen MR) is 67.3 cm³/mol. The summed E-state index contributed by atoms with van der Waals surface area (Å²) in [6.07, 6.45) is 4.17. The van der Waals surface area contributed by atoms with Crippen LogP contribution in [0.5, 0.6) is 0 Å². The molecule has 1 aromatic heterocycles. The molecule has 1 rings (SSSR count). The lowest BCUT2D eigenvalue weighted by Gasteiger charge is -2.17. The van der Waals surface area contributed by atoms with Gasteiger partial charge in [-0.25, -0.2) is 4.98 Å². The summed E-state index contributed by atoms with van der Waals surface area (Å²) in [6, 6.07) is 0.866. The first-order valence-corrected chi connectivity index (χ1v) is 6.30. The maximum Gasteiger partial charge on any atom is 0.110 e. The van der Waals surface area contributed by atoms with E-state index in [4.69, 9.17) is 0 Å². The van der Waals surface area contributed by atoms with Gasteiger partial charge in [-0.15, -0.1) is 17.9 Å². The SMILES string of the molecule is C=CCC[C@@H](C)N[C@@H](C)c1nc(C)cs1. The summed E-state index contributed by atoms with van der Waals surface area (Å²) in [5.41, 5.74) is 1.11. The molecule has 0 aliphatic carbocycles. The van der Waals surface area contributed by atoms with E-state index in [-0.39, 0.29) is 0 Å². The predicted octanol–water partition coefficient (Wildman–Crippen LogP) is 3.46. The number of nitrogens with one attached hydrogen (secondary N) is 1. The molecule has 0 amide bonds. The molecule has 0 saturated carbocycles. The van der Waals surface area contributed by atoms with Crippen molar-refractivity contribution < 1.29 is 0 Å². The lowest BCUT2D eigenvalue weighted by Crippen LogP contribution is -2.28. The van der Waals surface area contributed by atoms with Gasteiger partial charge in [0.25, 0.3) is 0 Å². The Hall–Kier alpha value is -0.670. The summed E-state index contributed by atoms with van der Waals surface area (Å²) >= 11 is 1.73. The highest BCUT2D eigenvalue weighted by Gasteiger charge is 2.11. The number of aryl methyl sites for hydroxylation is 1. The van der Waals surface area contributed by atoms with Gasteiger partial charge in [-0.2, -0.15) is 0 Å². The quantitative estimate of drug-likeness (QED) is 0.749. The summed E-state index contributed by atoms with van der Waals surface area (Å²) in [6.45, 7) is 10.1. The molecule has 15 heavy (non-hydrogen) atoms. The summed E-state index contributed by atoms with van der Waals surface area (Å²) in [5, 5.41) is 6.82. The Morgan fingerprint density at radius 3 is 2.87 bits per heavy atom. The first kappa shape index (κ1) is 12.4. The minimum Gasteiger partial charge on any atom is -0.306 e. The van der Waals surface area contributed by atoms with Gasteiger partial charge in [-0.05, 0) is 33.6 Å². The molecule has 0 bridgehead atoms. The fraction of sp³-hybridized carbons (Fsp3) is 0.583. The molecule has 1 aromatic rings. The summed E-state index contributed by atoms with van der Waals surface area (Å²) in [7, 11) is 0. The first-order valence-electron chi connectivity index (χ1n) is 5.42. The second-order valence-electron chi connectivity index (χ2n) is 3.98. The molecule has 0 saturated heterocycles. The molecule has 0 aliphatic heterocycles. The van der Waals surface area contributed by atoms with Gasteiger partial charge in [-0.1, -0.05) is 6.08 Å². The van der Waals surface area contributed by atoms with Crippen LogP contribution in [0.3, 0.4) is 0 Å². The van der Waals surface area contributed by atoms with E-state index in [0.29, 0.717) is 12.1 Å². The Labute approximate surface area is 96.4 Å². The molecule has 0 aromatic carbocycles. The van der Waals surface area contributed by atoms with Gasteiger partial charge in [0.1, 0.15) is 5.01 Å². The zero-order valence-corrected chi connectivity index (χ0v) is 10.6. The minimum atomic E-state index is 0.350. The van der Waals surface area contributed by atoms with Crippen LogP contribution in [-0.4, -0.2) is 11.0 Å². The van der Waals surface area contributed by atoms with Crippen LogP contribution in [-0.2, 0) is 0 Å². The van der Waals surface area contributed by atoms with E-state index in [2.05, 4.69) is 36.1 Å². The first-order chi connectivity index (χ1) is 7.13. The van der Waals surface area contributed by atoms with Gasteiger partial charge in [0.2, 0.25) is 0 Å². The fourth-order valence-corrected chi connectivity index (χ4v) is 2.33. The van der Waals surface area contributed by atoms with Crippen LogP contribution in [0.2, 0.25) is 0 Å². The standard InChI is InChI=1S/C12H20N2S/c1-5-6-7-9(2)13-11(4)12-14-10(3)8-15-12/h5,8-9,11,13H,1,6-7H2,2-4H3/t9-,11+/m1/s1. The van der Waals surface area contributed by atoms with Crippen LogP contribution in [0, 0.1) is 6.92 Å². The van der Waals surface area contributed by atoms with Gasteiger partial charge in [-0.3, -0.25) is 0 Å². The molecule has 2 nitrogen and oxygen atoms in total. The summed E-state index contributed by atoms with van der Waals surface area (Å²) in [4.78, 5) is 4.48. The minimum absolute atomic E-state index is 0.350. The van der Waals surface area contributed by atoms with Crippen molar-refractivity contribution in [3.63, 3.8) is 0 Å². The monoisotopic (exact) mass is 224 g/mol. The van der Waals surface area contributed by atoms with E-state index in [9.17, 15) is 0 Å². The number of rotatable bonds is 6. The number of thiazole rings is 1. The highest BCUT2D eigenvalue weighted by Crippen LogP contribution is 2.18. The van der Waals surface area contributed by atoms with Crippen molar-refractivity contribution in [1.29, 1.82) is 0 Å².